The molecule has 1 aromatic heterocycles. The van der Waals surface area contributed by atoms with Crippen molar-refractivity contribution in [1.82, 2.24) is 10.1 Å². The van der Waals surface area contributed by atoms with Gasteiger partial charge in [0.05, 0.1) is 25.5 Å². The maximum Gasteiger partial charge on any atom is 0.340 e. The maximum absolute atomic E-state index is 12.6. The van der Waals surface area contributed by atoms with E-state index < -0.39 is 5.97 Å². The van der Waals surface area contributed by atoms with Gasteiger partial charge in [-0.1, -0.05) is 12.1 Å². The Morgan fingerprint density at radius 1 is 1.26 bits per heavy atom. The van der Waals surface area contributed by atoms with Gasteiger partial charge < -0.3 is 24.1 Å². The number of anilines is 1. The first-order valence-electron chi connectivity index (χ1n) is 8.46. The second-order valence-corrected chi connectivity index (χ2v) is 6.37. The van der Waals surface area contributed by atoms with Crippen LogP contribution < -0.4 is 14.8 Å². The molecule has 27 heavy (non-hydrogen) atoms. The van der Waals surface area contributed by atoms with E-state index >= 15 is 0 Å². The van der Waals surface area contributed by atoms with Gasteiger partial charge in [0.15, 0.2) is 23.9 Å². The number of methoxy groups -OCH3 is 2. The molecule has 0 aliphatic heterocycles. The molecule has 1 aliphatic rings. The Hall–Kier alpha value is -3.10. The lowest BCUT2D eigenvalue weighted by Crippen LogP contribution is -2.18. The molecule has 0 saturated heterocycles. The highest BCUT2D eigenvalue weighted by Gasteiger charge is 2.39. The van der Waals surface area contributed by atoms with Crippen LogP contribution in [0, 0.1) is 18.8 Å². The van der Waals surface area contributed by atoms with Gasteiger partial charge in [0, 0.05) is 18.1 Å². The maximum atomic E-state index is 12.6. The van der Waals surface area contributed by atoms with Gasteiger partial charge in [-0.15, -0.1) is 0 Å². The summed E-state index contributed by atoms with van der Waals surface area (Å²) >= 11 is 0. The number of esters is 1. The van der Waals surface area contributed by atoms with Gasteiger partial charge in [-0.2, -0.15) is 4.98 Å². The van der Waals surface area contributed by atoms with Crippen LogP contribution in [0.15, 0.2) is 16.7 Å². The van der Waals surface area contributed by atoms with Crippen LogP contribution in [0.3, 0.4) is 0 Å². The third-order valence-corrected chi connectivity index (χ3v) is 4.34. The normalized spacial score (nSPS) is 17.9. The molecule has 9 nitrogen and oxygen atoms in total. The van der Waals surface area contributed by atoms with E-state index in [1.54, 1.807) is 6.92 Å². The molecular formula is C18H21N3O6. The number of benzene rings is 1. The Labute approximate surface area is 156 Å². The minimum atomic E-state index is -0.661. The van der Waals surface area contributed by atoms with E-state index in [1.807, 2.05) is 6.92 Å². The molecule has 1 fully saturated rings. The molecule has 0 spiro atoms. The lowest BCUT2D eigenvalue weighted by Gasteiger charge is -2.15. The van der Waals surface area contributed by atoms with E-state index in [4.69, 9.17) is 18.7 Å². The van der Waals surface area contributed by atoms with Gasteiger partial charge in [0.25, 0.3) is 5.89 Å². The van der Waals surface area contributed by atoms with Crippen LogP contribution in [0.25, 0.3) is 0 Å². The molecule has 1 amide bonds. The minimum absolute atomic E-state index is 0.0525. The molecule has 1 aromatic carbocycles. The highest BCUT2D eigenvalue weighted by atomic mass is 16.6. The molecule has 1 aliphatic carbocycles. The Kier molecular flexibility index (Phi) is 5.29. The summed E-state index contributed by atoms with van der Waals surface area (Å²) in [5, 5.41) is 6.42. The number of ether oxygens (including phenoxy) is 3. The van der Waals surface area contributed by atoms with Crippen molar-refractivity contribution in [3.63, 3.8) is 0 Å². The van der Waals surface area contributed by atoms with Gasteiger partial charge in [-0.05, 0) is 19.3 Å². The fraction of sp³-hybridized carbons (Fsp3) is 0.444. The zero-order chi connectivity index (χ0) is 19.6. The topological polar surface area (TPSA) is 113 Å². The Morgan fingerprint density at radius 3 is 2.48 bits per heavy atom. The lowest BCUT2D eigenvalue weighted by molar-refractivity contribution is -0.117. The molecule has 2 atom stereocenters. The third kappa shape index (κ3) is 4.18. The number of carbonyl (C=O) groups is 2. The number of nitrogens with one attached hydrogen (secondary N) is 1. The van der Waals surface area contributed by atoms with E-state index in [0.29, 0.717) is 28.9 Å². The molecule has 1 heterocycles. The van der Waals surface area contributed by atoms with Crippen LogP contribution in [0.2, 0.25) is 0 Å². The number of rotatable bonds is 7. The molecule has 9 heteroatoms. The first kappa shape index (κ1) is 18.7. The van der Waals surface area contributed by atoms with Crippen LogP contribution in [-0.2, 0) is 16.1 Å². The van der Waals surface area contributed by atoms with E-state index in [9.17, 15) is 9.59 Å². The van der Waals surface area contributed by atoms with E-state index in [0.717, 1.165) is 6.42 Å². The molecule has 1 saturated carbocycles. The van der Waals surface area contributed by atoms with Gasteiger partial charge in [0.1, 0.15) is 0 Å². The molecule has 0 unspecified atom stereocenters. The number of carbonyl (C=O) groups excluding carboxylic acids is 2. The minimum Gasteiger partial charge on any atom is -0.493 e. The number of aryl methyl sites for hydroxylation is 1. The number of nitrogens with zero attached hydrogens (tertiary/aromatic N) is 2. The Bertz CT molecular complexity index is 863. The van der Waals surface area contributed by atoms with Gasteiger partial charge in [0.2, 0.25) is 5.91 Å². The summed E-state index contributed by atoms with van der Waals surface area (Å²) in [6, 6.07) is 3.00. The van der Waals surface area contributed by atoms with Crippen molar-refractivity contribution in [2.75, 3.05) is 19.5 Å². The Morgan fingerprint density at radius 2 is 1.93 bits per heavy atom. The summed E-state index contributed by atoms with van der Waals surface area (Å²) in [5.41, 5.74) is 0.439. The number of aromatic nitrogens is 2. The molecule has 3 rings (SSSR count). The van der Waals surface area contributed by atoms with E-state index in [2.05, 4.69) is 15.5 Å². The fourth-order valence-electron chi connectivity index (χ4n) is 2.67. The monoisotopic (exact) mass is 375 g/mol. The molecule has 0 radical (unpaired) electrons. The smallest absolute Gasteiger partial charge is 0.340 e. The van der Waals surface area contributed by atoms with Gasteiger partial charge in [-0.25, -0.2) is 4.79 Å². The van der Waals surface area contributed by atoms with Crippen LogP contribution in [0.1, 0.15) is 35.4 Å². The summed E-state index contributed by atoms with van der Waals surface area (Å²) in [4.78, 5) is 28.9. The molecule has 144 valence electrons. The number of hydrogen-bond acceptors (Lipinski definition) is 8. The lowest BCUT2D eigenvalue weighted by atomic mass is 10.1. The summed E-state index contributed by atoms with van der Waals surface area (Å²) in [6.07, 6.45) is 0.829. The van der Waals surface area contributed by atoms with Crippen molar-refractivity contribution in [2.24, 2.45) is 11.8 Å². The van der Waals surface area contributed by atoms with Gasteiger partial charge >= 0.3 is 5.97 Å². The van der Waals surface area contributed by atoms with Crippen molar-refractivity contribution in [3.8, 4) is 11.5 Å². The van der Waals surface area contributed by atoms with Crippen LogP contribution in [0.5, 0.6) is 11.5 Å². The third-order valence-electron chi connectivity index (χ3n) is 4.34. The average molecular weight is 375 g/mol. The molecule has 0 bridgehead atoms. The SMILES string of the molecule is COc1cc(NC(=O)[C@@H]2C[C@H]2C)c(C(=O)OCc2nc(C)no2)cc1OC. The first-order chi connectivity index (χ1) is 12.9. The van der Waals surface area contributed by atoms with Crippen molar-refractivity contribution in [2.45, 2.75) is 26.9 Å². The Balaban J connectivity index is 1.83. The van der Waals surface area contributed by atoms with Crippen LogP contribution >= 0.6 is 0 Å². The van der Waals surface area contributed by atoms with Gasteiger partial charge in [-0.3, -0.25) is 4.79 Å². The van der Waals surface area contributed by atoms with E-state index in [1.165, 1.54) is 26.4 Å². The quantitative estimate of drug-likeness (QED) is 0.734. The number of amides is 1. The predicted molar refractivity (Wildman–Crippen MR) is 93.6 cm³/mol. The van der Waals surface area contributed by atoms with E-state index in [-0.39, 0.29) is 29.9 Å². The second kappa shape index (κ2) is 7.65. The highest BCUT2D eigenvalue weighted by molar-refractivity contribution is 6.03. The molecular weight excluding hydrogens is 354 g/mol. The standard InChI is InChI=1S/C18H21N3O6/c1-9-5-11(9)17(22)20-13-7-15(25-4)14(24-3)6-12(13)18(23)26-8-16-19-10(2)21-27-16/h6-7,9,11H,5,8H2,1-4H3,(H,20,22)/t9-,11-/m1/s1. The zero-order valence-corrected chi connectivity index (χ0v) is 15.6. The molecule has 2 aromatic rings. The highest BCUT2D eigenvalue weighted by Crippen LogP contribution is 2.40. The summed E-state index contributed by atoms with van der Waals surface area (Å²) in [6.45, 7) is 3.48. The van der Waals surface area contributed by atoms with Crippen molar-refractivity contribution in [1.29, 1.82) is 0 Å². The van der Waals surface area contributed by atoms with Crippen LogP contribution in [-0.4, -0.2) is 36.2 Å². The average Bonchev–Trinajstić information content (AvgIpc) is 3.25. The van der Waals surface area contributed by atoms with Crippen molar-refractivity contribution in [3.05, 3.63) is 29.4 Å². The summed E-state index contributed by atoms with van der Waals surface area (Å²) in [7, 11) is 2.93. The molecule has 1 N–H and O–H groups in total. The number of hydrogen-bond donors (Lipinski definition) is 1. The van der Waals surface area contributed by atoms with Crippen LogP contribution in [0.4, 0.5) is 5.69 Å². The zero-order valence-electron chi connectivity index (χ0n) is 15.6. The fourth-order valence-corrected chi connectivity index (χ4v) is 2.67. The summed E-state index contributed by atoms with van der Waals surface area (Å²) < 4.78 is 20.7. The van der Waals surface area contributed by atoms with Crippen molar-refractivity contribution < 1.29 is 28.3 Å². The first-order valence-corrected chi connectivity index (χ1v) is 8.46. The van der Waals surface area contributed by atoms with Crippen molar-refractivity contribution >= 4 is 17.6 Å². The second-order valence-electron chi connectivity index (χ2n) is 6.37. The summed E-state index contributed by atoms with van der Waals surface area (Å²) in [5.74, 6) is 0.834. The largest absolute Gasteiger partial charge is 0.493 e. The predicted octanol–water partition coefficient (Wildman–Crippen LogP) is 2.35.